The minimum absolute atomic E-state index is 0.0625. The Morgan fingerprint density at radius 3 is 2.63 bits per heavy atom. The molecule has 0 amide bonds. The zero-order valence-corrected chi connectivity index (χ0v) is 19.1. The van der Waals surface area contributed by atoms with E-state index in [1.54, 1.807) is 23.2 Å². The van der Waals surface area contributed by atoms with Gasteiger partial charge in [0.2, 0.25) is 5.78 Å². The van der Waals surface area contributed by atoms with Crippen LogP contribution in [0.25, 0.3) is 22.3 Å². The first kappa shape index (κ1) is 22.7. The monoisotopic (exact) mass is 514 g/mol. The number of anilines is 1. The van der Waals surface area contributed by atoms with Gasteiger partial charge in [0.25, 0.3) is 10.0 Å². The number of fused-ring (bicyclic) bond motifs is 1. The lowest BCUT2D eigenvalue weighted by Gasteiger charge is -2.12. The van der Waals surface area contributed by atoms with Gasteiger partial charge < -0.3 is 4.98 Å². The maximum Gasteiger partial charge on any atom is 0.262 e. The summed E-state index contributed by atoms with van der Waals surface area (Å²) >= 11 is 1.37. The molecule has 0 fully saturated rings. The summed E-state index contributed by atoms with van der Waals surface area (Å²) in [5.74, 6) is -4.42. The van der Waals surface area contributed by atoms with Crippen LogP contribution in [-0.2, 0) is 10.0 Å². The van der Waals surface area contributed by atoms with Gasteiger partial charge in [-0.2, -0.15) is 0 Å². The minimum Gasteiger partial charge on any atom is -0.345 e. The Morgan fingerprint density at radius 2 is 1.89 bits per heavy atom. The van der Waals surface area contributed by atoms with Gasteiger partial charge in [0.1, 0.15) is 17.3 Å². The van der Waals surface area contributed by atoms with Gasteiger partial charge in [-0.1, -0.05) is 6.07 Å². The Labute approximate surface area is 200 Å². The number of hydrogen-bond donors (Lipinski definition) is 2. The SMILES string of the molecule is O=C(c1c(F)ccc(NS(=O)(=O)c2cccc(F)c2)c1F)c1c[nH]c2ncc(-c3cscn3)cc12. The number of ketones is 1. The second-order valence-electron chi connectivity index (χ2n) is 7.37. The van der Waals surface area contributed by atoms with Crippen molar-refractivity contribution in [1.82, 2.24) is 15.0 Å². The number of rotatable bonds is 6. The molecule has 0 aliphatic carbocycles. The van der Waals surface area contributed by atoms with Crippen molar-refractivity contribution in [2.24, 2.45) is 0 Å². The molecule has 0 aliphatic rings. The van der Waals surface area contributed by atoms with Crippen LogP contribution in [0.15, 0.2) is 70.6 Å². The average molecular weight is 515 g/mol. The summed E-state index contributed by atoms with van der Waals surface area (Å²) in [5.41, 5.74) is 1.48. The van der Waals surface area contributed by atoms with Crippen LogP contribution < -0.4 is 4.72 Å². The summed E-state index contributed by atoms with van der Waals surface area (Å²) in [7, 11) is -4.42. The standard InChI is InChI=1S/C23H13F3N4O3S2/c24-13-2-1-3-14(7-13)35(32,33)30-18-5-4-17(25)20(21(18)26)22(31)16-9-28-23-15(16)6-12(8-27-23)19-10-34-11-29-19/h1-11,30H,(H,27,28). The van der Waals surface area contributed by atoms with Gasteiger partial charge >= 0.3 is 0 Å². The average Bonchev–Trinajstić information content (AvgIpc) is 3.51. The van der Waals surface area contributed by atoms with Crippen molar-refractivity contribution in [2.75, 3.05) is 4.72 Å². The third-order valence-corrected chi connectivity index (χ3v) is 7.12. The summed E-state index contributed by atoms with van der Waals surface area (Å²) < 4.78 is 70.6. The van der Waals surface area contributed by atoms with Crippen LogP contribution in [0.5, 0.6) is 0 Å². The molecule has 3 aromatic heterocycles. The molecule has 0 saturated heterocycles. The van der Waals surface area contributed by atoms with Crippen LogP contribution in [-0.4, -0.2) is 29.2 Å². The number of nitrogens with one attached hydrogen (secondary N) is 2. The van der Waals surface area contributed by atoms with Crippen LogP contribution in [0.2, 0.25) is 0 Å². The third kappa shape index (κ3) is 4.17. The number of sulfonamides is 1. The maximum atomic E-state index is 15.3. The van der Waals surface area contributed by atoms with Crippen LogP contribution in [0, 0.1) is 17.5 Å². The van der Waals surface area contributed by atoms with E-state index in [-0.39, 0.29) is 5.56 Å². The Kier molecular flexibility index (Phi) is 5.61. The van der Waals surface area contributed by atoms with Crippen LogP contribution in [0.3, 0.4) is 0 Å². The molecule has 2 N–H and O–H groups in total. The fourth-order valence-electron chi connectivity index (χ4n) is 3.50. The van der Waals surface area contributed by atoms with Crippen molar-refractivity contribution in [3.8, 4) is 11.3 Å². The number of H-pyrrole nitrogens is 1. The Balaban J connectivity index is 1.56. The first-order chi connectivity index (χ1) is 16.7. The van der Waals surface area contributed by atoms with E-state index < -0.39 is 49.4 Å². The number of hydrogen-bond acceptors (Lipinski definition) is 6. The topological polar surface area (TPSA) is 105 Å². The number of aromatic nitrogens is 3. The lowest BCUT2D eigenvalue weighted by Crippen LogP contribution is -2.16. The van der Waals surface area contributed by atoms with E-state index in [0.29, 0.717) is 22.3 Å². The van der Waals surface area contributed by atoms with Gasteiger partial charge in [0.15, 0.2) is 5.82 Å². The van der Waals surface area contributed by atoms with Crippen molar-refractivity contribution in [1.29, 1.82) is 0 Å². The molecule has 5 rings (SSSR count). The molecular formula is C23H13F3N4O3S2. The normalized spacial score (nSPS) is 11.6. The highest BCUT2D eigenvalue weighted by atomic mass is 32.2. The quantitative estimate of drug-likeness (QED) is 0.306. The second-order valence-corrected chi connectivity index (χ2v) is 9.77. The van der Waals surface area contributed by atoms with Crippen LogP contribution >= 0.6 is 11.3 Å². The van der Waals surface area contributed by atoms with Crippen molar-refractivity contribution in [3.63, 3.8) is 0 Å². The molecule has 5 aromatic rings. The molecule has 0 atom stereocenters. The Hall–Kier alpha value is -4.03. The number of halogens is 3. The maximum absolute atomic E-state index is 15.3. The van der Waals surface area contributed by atoms with Gasteiger partial charge in [-0.25, -0.2) is 31.6 Å². The van der Waals surface area contributed by atoms with Gasteiger partial charge in [0.05, 0.1) is 27.4 Å². The number of thiazole rings is 1. The van der Waals surface area contributed by atoms with Crippen molar-refractivity contribution in [3.05, 3.63) is 94.3 Å². The number of nitrogens with zero attached hydrogens (tertiary/aromatic N) is 2. The predicted molar refractivity (Wildman–Crippen MR) is 124 cm³/mol. The number of carbonyl (C=O) groups excluding carboxylic acids is 1. The summed E-state index contributed by atoms with van der Waals surface area (Å²) in [6.45, 7) is 0. The van der Waals surface area contributed by atoms with Gasteiger partial charge in [0, 0.05) is 34.3 Å². The second kappa shape index (κ2) is 8.64. The first-order valence-electron chi connectivity index (χ1n) is 9.91. The van der Waals surface area contributed by atoms with Gasteiger partial charge in [-0.3, -0.25) is 9.52 Å². The number of carbonyl (C=O) groups is 1. The molecular weight excluding hydrogens is 501 g/mol. The largest absolute Gasteiger partial charge is 0.345 e. The molecule has 0 bridgehead atoms. The molecule has 7 nitrogen and oxygen atoms in total. The summed E-state index contributed by atoms with van der Waals surface area (Å²) in [6.07, 6.45) is 2.82. The van der Waals surface area contributed by atoms with E-state index in [9.17, 15) is 22.0 Å². The zero-order chi connectivity index (χ0) is 24.7. The smallest absolute Gasteiger partial charge is 0.262 e. The van der Waals surface area contributed by atoms with Crippen LogP contribution in [0.4, 0.5) is 18.9 Å². The molecule has 35 heavy (non-hydrogen) atoms. The predicted octanol–water partition coefficient (Wildman–Crippen LogP) is 5.14. The highest BCUT2D eigenvalue weighted by Gasteiger charge is 2.26. The third-order valence-electron chi connectivity index (χ3n) is 5.17. The zero-order valence-electron chi connectivity index (χ0n) is 17.4. The van der Waals surface area contributed by atoms with E-state index in [4.69, 9.17) is 0 Å². The molecule has 176 valence electrons. The summed E-state index contributed by atoms with van der Waals surface area (Å²) in [4.78, 5) is 24.0. The lowest BCUT2D eigenvalue weighted by molar-refractivity contribution is 0.103. The molecule has 0 unspecified atom stereocenters. The van der Waals surface area contributed by atoms with Crippen molar-refractivity contribution >= 4 is 43.9 Å². The summed E-state index contributed by atoms with van der Waals surface area (Å²) in [6, 6.07) is 7.30. The molecule has 2 aromatic carbocycles. The first-order valence-corrected chi connectivity index (χ1v) is 12.3. The lowest BCUT2D eigenvalue weighted by atomic mass is 10.0. The Bertz CT molecular complexity index is 1700. The molecule has 3 heterocycles. The fourth-order valence-corrected chi connectivity index (χ4v) is 5.15. The highest BCUT2D eigenvalue weighted by Crippen LogP contribution is 2.30. The minimum atomic E-state index is -4.42. The number of pyridine rings is 1. The van der Waals surface area contributed by atoms with Gasteiger partial charge in [-0.15, -0.1) is 11.3 Å². The van der Waals surface area contributed by atoms with E-state index >= 15 is 4.39 Å². The van der Waals surface area contributed by atoms with Gasteiger partial charge in [-0.05, 0) is 36.4 Å². The van der Waals surface area contributed by atoms with Crippen molar-refractivity contribution < 1.29 is 26.4 Å². The molecule has 0 spiro atoms. The Morgan fingerprint density at radius 1 is 1.06 bits per heavy atom. The summed E-state index contributed by atoms with van der Waals surface area (Å²) in [5, 5.41) is 2.09. The number of benzene rings is 2. The van der Waals surface area contributed by atoms with E-state index in [0.717, 1.165) is 30.3 Å². The fraction of sp³-hybridized carbons (Fsp3) is 0. The van der Waals surface area contributed by atoms with E-state index in [1.165, 1.54) is 23.6 Å². The molecule has 0 saturated carbocycles. The highest BCUT2D eigenvalue weighted by molar-refractivity contribution is 7.92. The van der Waals surface area contributed by atoms with Crippen LogP contribution in [0.1, 0.15) is 15.9 Å². The molecule has 0 aliphatic heterocycles. The molecule has 12 heteroatoms. The number of aromatic amines is 1. The molecule has 0 radical (unpaired) electrons. The van der Waals surface area contributed by atoms with E-state index in [1.807, 2.05) is 4.72 Å². The van der Waals surface area contributed by atoms with E-state index in [2.05, 4.69) is 15.0 Å². The van der Waals surface area contributed by atoms with Crippen molar-refractivity contribution in [2.45, 2.75) is 4.90 Å².